The zero-order chi connectivity index (χ0) is 11.4. The summed E-state index contributed by atoms with van der Waals surface area (Å²) in [7, 11) is 0. The van der Waals surface area contributed by atoms with Crippen LogP contribution in [0.1, 0.15) is 17.4 Å². The Balaban J connectivity index is 1.74. The molecular formula is C11H16N4O. The van der Waals surface area contributed by atoms with Gasteiger partial charge >= 0.3 is 0 Å². The molecule has 0 saturated carbocycles. The van der Waals surface area contributed by atoms with Gasteiger partial charge in [-0.15, -0.1) is 0 Å². The van der Waals surface area contributed by atoms with E-state index in [1.54, 1.807) is 6.26 Å². The number of rotatable bonds is 5. The summed E-state index contributed by atoms with van der Waals surface area (Å²) in [6.07, 6.45) is 1.68. The van der Waals surface area contributed by atoms with Gasteiger partial charge in [0.1, 0.15) is 17.4 Å². The maximum absolute atomic E-state index is 5.22. The van der Waals surface area contributed by atoms with Crippen LogP contribution in [0.2, 0.25) is 0 Å². The van der Waals surface area contributed by atoms with E-state index in [4.69, 9.17) is 4.42 Å². The summed E-state index contributed by atoms with van der Waals surface area (Å²) in [6, 6.07) is 3.85. The van der Waals surface area contributed by atoms with Gasteiger partial charge in [-0.2, -0.15) is 5.10 Å². The van der Waals surface area contributed by atoms with Crippen molar-refractivity contribution in [3.05, 3.63) is 35.8 Å². The van der Waals surface area contributed by atoms with Crippen molar-refractivity contribution in [1.82, 2.24) is 20.1 Å². The van der Waals surface area contributed by atoms with Gasteiger partial charge in [-0.05, 0) is 26.0 Å². The lowest BCUT2D eigenvalue weighted by atomic mass is 10.4. The molecule has 86 valence electrons. The molecule has 0 atom stereocenters. The topological polar surface area (TPSA) is 55.9 Å². The Morgan fingerprint density at radius 3 is 2.94 bits per heavy atom. The van der Waals surface area contributed by atoms with Gasteiger partial charge in [0.25, 0.3) is 0 Å². The Bertz CT molecular complexity index is 433. The number of hydrogen-bond donors (Lipinski definition) is 1. The second-order valence-electron chi connectivity index (χ2n) is 3.69. The normalized spacial score (nSPS) is 10.9. The molecule has 0 bridgehead atoms. The highest BCUT2D eigenvalue weighted by Gasteiger charge is 2.01. The predicted octanol–water partition coefficient (Wildman–Crippen LogP) is 1.28. The predicted molar refractivity (Wildman–Crippen MR) is 59.9 cm³/mol. The number of nitrogens with one attached hydrogen (secondary N) is 1. The number of furan rings is 1. The van der Waals surface area contributed by atoms with Crippen molar-refractivity contribution in [2.45, 2.75) is 26.9 Å². The number of hydrogen-bond acceptors (Lipinski definition) is 4. The summed E-state index contributed by atoms with van der Waals surface area (Å²) in [5.74, 6) is 2.73. The maximum Gasteiger partial charge on any atom is 0.147 e. The molecule has 16 heavy (non-hydrogen) atoms. The van der Waals surface area contributed by atoms with E-state index in [9.17, 15) is 0 Å². The lowest BCUT2D eigenvalue weighted by Crippen LogP contribution is -2.20. The minimum atomic E-state index is 0.750. The van der Waals surface area contributed by atoms with E-state index in [0.29, 0.717) is 0 Å². The van der Waals surface area contributed by atoms with Crippen LogP contribution in [0, 0.1) is 13.8 Å². The summed E-state index contributed by atoms with van der Waals surface area (Å²) in [5.41, 5.74) is 0. The smallest absolute Gasteiger partial charge is 0.147 e. The second kappa shape index (κ2) is 4.94. The van der Waals surface area contributed by atoms with E-state index in [-0.39, 0.29) is 0 Å². The van der Waals surface area contributed by atoms with Gasteiger partial charge < -0.3 is 9.73 Å². The molecule has 0 aromatic carbocycles. The van der Waals surface area contributed by atoms with Crippen LogP contribution in [-0.4, -0.2) is 21.3 Å². The third-order valence-corrected chi connectivity index (χ3v) is 2.34. The summed E-state index contributed by atoms with van der Waals surface area (Å²) >= 11 is 0. The molecule has 5 nitrogen and oxygen atoms in total. The van der Waals surface area contributed by atoms with E-state index in [2.05, 4.69) is 15.4 Å². The molecule has 0 unspecified atom stereocenters. The molecule has 0 fully saturated rings. The highest BCUT2D eigenvalue weighted by molar-refractivity contribution is 4.97. The largest absolute Gasteiger partial charge is 0.468 e. The van der Waals surface area contributed by atoms with E-state index in [1.165, 1.54) is 0 Å². The Labute approximate surface area is 94.5 Å². The van der Waals surface area contributed by atoms with Gasteiger partial charge in [-0.3, -0.25) is 0 Å². The van der Waals surface area contributed by atoms with Crippen LogP contribution in [-0.2, 0) is 13.1 Å². The lowest BCUT2D eigenvalue weighted by Gasteiger charge is -2.04. The Hall–Kier alpha value is -1.62. The van der Waals surface area contributed by atoms with Crippen LogP contribution in [0.3, 0.4) is 0 Å². The van der Waals surface area contributed by atoms with E-state index >= 15 is 0 Å². The first kappa shape index (κ1) is 10.9. The van der Waals surface area contributed by atoms with Gasteiger partial charge in [-0.1, -0.05) is 0 Å². The van der Waals surface area contributed by atoms with Crippen LogP contribution in [0.25, 0.3) is 0 Å². The first-order valence-electron chi connectivity index (χ1n) is 5.37. The third kappa shape index (κ3) is 2.70. The molecule has 2 rings (SSSR count). The minimum Gasteiger partial charge on any atom is -0.468 e. The molecule has 2 heterocycles. The Kier molecular flexibility index (Phi) is 3.36. The highest BCUT2D eigenvalue weighted by Crippen LogP contribution is 1.98. The molecule has 2 aromatic rings. The zero-order valence-electron chi connectivity index (χ0n) is 9.60. The first-order valence-corrected chi connectivity index (χ1v) is 5.37. The van der Waals surface area contributed by atoms with Crippen molar-refractivity contribution in [3.63, 3.8) is 0 Å². The fourth-order valence-corrected chi connectivity index (χ4v) is 1.58. The molecule has 0 aliphatic heterocycles. The third-order valence-electron chi connectivity index (χ3n) is 2.34. The average molecular weight is 220 g/mol. The van der Waals surface area contributed by atoms with Gasteiger partial charge in [0, 0.05) is 6.54 Å². The van der Waals surface area contributed by atoms with Crippen molar-refractivity contribution >= 4 is 0 Å². The van der Waals surface area contributed by atoms with Gasteiger partial charge in [0.15, 0.2) is 0 Å². The maximum atomic E-state index is 5.22. The number of nitrogens with zero attached hydrogens (tertiary/aromatic N) is 3. The summed E-state index contributed by atoms with van der Waals surface area (Å²) in [5, 5.41) is 7.58. The van der Waals surface area contributed by atoms with Crippen molar-refractivity contribution in [2.75, 3.05) is 6.54 Å². The van der Waals surface area contributed by atoms with Crippen molar-refractivity contribution in [2.24, 2.45) is 0 Å². The molecule has 0 radical (unpaired) electrons. The first-order chi connectivity index (χ1) is 7.75. The monoisotopic (exact) mass is 220 g/mol. The second-order valence-corrected chi connectivity index (χ2v) is 3.69. The molecule has 0 aliphatic carbocycles. The van der Waals surface area contributed by atoms with Gasteiger partial charge in [0.05, 0.1) is 19.4 Å². The fraction of sp³-hybridized carbons (Fsp3) is 0.455. The summed E-state index contributed by atoms with van der Waals surface area (Å²) in [4.78, 5) is 4.25. The molecule has 2 aromatic heterocycles. The van der Waals surface area contributed by atoms with Crippen LogP contribution >= 0.6 is 0 Å². The van der Waals surface area contributed by atoms with Crippen molar-refractivity contribution in [3.8, 4) is 0 Å². The molecule has 5 heteroatoms. The quantitative estimate of drug-likeness (QED) is 0.771. The van der Waals surface area contributed by atoms with E-state index in [0.717, 1.165) is 37.0 Å². The molecule has 0 amide bonds. The van der Waals surface area contributed by atoms with Gasteiger partial charge in [-0.25, -0.2) is 9.67 Å². The lowest BCUT2D eigenvalue weighted by molar-refractivity contribution is 0.467. The standard InChI is InChI=1S/C11H16N4O/c1-9-13-10(2)15(14-9)6-5-12-8-11-4-3-7-16-11/h3-4,7,12H,5-6,8H2,1-2H3. The SMILES string of the molecule is Cc1nc(C)n(CCNCc2ccco2)n1. The van der Waals surface area contributed by atoms with Gasteiger partial charge in [0.2, 0.25) is 0 Å². The Morgan fingerprint density at radius 1 is 1.44 bits per heavy atom. The average Bonchev–Trinajstić information content (AvgIpc) is 2.84. The van der Waals surface area contributed by atoms with Crippen LogP contribution in [0.5, 0.6) is 0 Å². The van der Waals surface area contributed by atoms with Crippen LogP contribution in [0.4, 0.5) is 0 Å². The van der Waals surface area contributed by atoms with Crippen molar-refractivity contribution < 1.29 is 4.42 Å². The number of aromatic nitrogens is 3. The minimum absolute atomic E-state index is 0.750. The molecule has 0 aliphatic rings. The van der Waals surface area contributed by atoms with E-state index in [1.807, 2.05) is 30.7 Å². The number of aryl methyl sites for hydroxylation is 2. The molecule has 0 spiro atoms. The van der Waals surface area contributed by atoms with Crippen LogP contribution in [0.15, 0.2) is 22.8 Å². The van der Waals surface area contributed by atoms with Crippen LogP contribution < -0.4 is 5.32 Å². The Morgan fingerprint density at radius 2 is 2.31 bits per heavy atom. The summed E-state index contributed by atoms with van der Waals surface area (Å²) < 4.78 is 7.12. The fourth-order valence-electron chi connectivity index (χ4n) is 1.58. The molecular weight excluding hydrogens is 204 g/mol. The summed E-state index contributed by atoms with van der Waals surface area (Å²) in [6.45, 7) is 6.30. The molecule has 1 N–H and O–H groups in total. The van der Waals surface area contributed by atoms with E-state index < -0.39 is 0 Å². The van der Waals surface area contributed by atoms with Crippen molar-refractivity contribution in [1.29, 1.82) is 0 Å². The molecule has 0 saturated heterocycles. The highest BCUT2D eigenvalue weighted by atomic mass is 16.3. The zero-order valence-corrected chi connectivity index (χ0v) is 9.60.